The third-order valence-corrected chi connectivity index (χ3v) is 3.94. The third kappa shape index (κ3) is 1.91. The molecule has 1 unspecified atom stereocenters. The number of rotatable bonds is 2. The molecule has 2 rings (SSSR count). The Morgan fingerprint density at radius 3 is 2.64 bits per heavy atom. The lowest BCUT2D eigenvalue weighted by molar-refractivity contribution is 0.227. The molecule has 11 heavy (non-hydrogen) atoms. The van der Waals surface area contributed by atoms with Gasteiger partial charge in [0, 0.05) is 17.8 Å². The molecule has 1 aliphatic carbocycles. The standard InChI is InChI=1S/C9H17NS/c1-7-4-9(5-7)10-8-2-3-11-6-8/h7-10H,2-6H2,1H3. The van der Waals surface area contributed by atoms with E-state index >= 15 is 0 Å². The van der Waals surface area contributed by atoms with Crippen molar-refractivity contribution in [2.45, 2.75) is 38.3 Å². The molecule has 0 amide bonds. The molecule has 0 aromatic heterocycles. The van der Waals surface area contributed by atoms with Gasteiger partial charge in [0.1, 0.15) is 0 Å². The molecule has 1 aliphatic heterocycles. The summed E-state index contributed by atoms with van der Waals surface area (Å²) in [6.45, 7) is 2.35. The van der Waals surface area contributed by atoms with Crippen molar-refractivity contribution in [1.29, 1.82) is 0 Å². The van der Waals surface area contributed by atoms with Crippen LogP contribution < -0.4 is 5.32 Å². The normalized spacial score (nSPS) is 43.9. The van der Waals surface area contributed by atoms with E-state index in [1.807, 2.05) is 0 Å². The second-order valence-corrected chi connectivity index (χ2v) is 5.15. The van der Waals surface area contributed by atoms with E-state index < -0.39 is 0 Å². The molecule has 2 aliphatic rings. The van der Waals surface area contributed by atoms with Gasteiger partial charge in [-0.15, -0.1) is 0 Å². The summed E-state index contributed by atoms with van der Waals surface area (Å²) in [4.78, 5) is 0. The summed E-state index contributed by atoms with van der Waals surface area (Å²) in [5.74, 6) is 3.71. The number of thioether (sulfide) groups is 1. The first kappa shape index (κ1) is 7.93. The summed E-state index contributed by atoms with van der Waals surface area (Å²) in [7, 11) is 0. The highest BCUT2D eigenvalue weighted by molar-refractivity contribution is 7.99. The number of hydrogen-bond donors (Lipinski definition) is 1. The molecule has 0 radical (unpaired) electrons. The lowest BCUT2D eigenvalue weighted by Crippen LogP contribution is -2.45. The topological polar surface area (TPSA) is 12.0 Å². The summed E-state index contributed by atoms with van der Waals surface area (Å²) in [6.07, 6.45) is 4.23. The van der Waals surface area contributed by atoms with Gasteiger partial charge in [0.15, 0.2) is 0 Å². The summed E-state index contributed by atoms with van der Waals surface area (Å²) in [5.41, 5.74) is 0. The molecule has 64 valence electrons. The predicted octanol–water partition coefficient (Wildman–Crippen LogP) is 1.88. The Bertz CT molecular complexity index is 126. The molecule has 0 spiro atoms. The number of nitrogens with one attached hydrogen (secondary N) is 1. The Morgan fingerprint density at radius 1 is 1.27 bits per heavy atom. The van der Waals surface area contributed by atoms with E-state index in [0.717, 1.165) is 18.0 Å². The van der Waals surface area contributed by atoms with E-state index in [-0.39, 0.29) is 0 Å². The second-order valence-electron chi connectivity index (χ2n) is 4.00. The largest absolute Gasteiger partial charge is 0.310 e. The average molecular weight is 171 g/mol. The highest BCUT2D eigenvalue weighted by Gasteiger charge is 2.28. The maximum Gasteiger partial charge on any atom is 0.0168 e. The quantitative estimate of drug-likeness (QED) is 0.681. The van der Waals surface area contributed by atoms with Gasteiger partial charge in [-0.3, -0.25) is 0 Å². The van der Waals surface area contributed by atoms with Crippen LogP contribution in [0.15, 0.2) is 0 Å². The van der Waals surface area contributed by atoms with Crippen molar-refractivity contribution in [3.05, 3.63) is 0 Å². The summed E-state index contributed by atoms with van der Waals surface area (Å²) in [5, 5.41) is 3.72. The Labute approximate surface area is 73.3 Å². The molecule has 1 nitrogen and oxygen atoms in total. The first-order chi connectivity index (χ1) is 5.34. The lowest BCUT2D eigenvalue weighted by atomic mass is 9.81. The van der Waals surface area contributed by atoms with Crippen LogP contribution in [0, 0.1) is 5.92 Å². The molecule has 1 saturated heterocycles. The highest BCUT2D eigenvalue weighted by atomic mass is 32.2. The molecule has 2 heteroatoms. The SMILES string of the molecule is CC1CC(NC2CCSC2)C1. The van der Waals surface area contributed by atoms with Gasteiger partial charge < -0.3 is 5.32 Å². The molecule has 1 saturated carbocycles. The third-order valence-electron chi connectivity index (χ3n) is 2.77. The Balaban J connectivity index is 1.66. The van der Waals surface area contributed by atoms with Gasteiger partial charge in [-0.25, -0.2) is 0 Å². The molecule has 1 heterocycles. The van der Waals surface area contributed by atoms with Gasteiger partial charge >= 0.3 is 0 Å². The lowest BCUT2D eigenvalue weighted by Gasteiger charge is -2.35. The van der Waals surface area contributed by atoms with Crippen molar-refractivity contribution in [3.63, 3.8) is 0 Å². The van der Waals surface area contributed by atoms with Crippen molar-refractivity contribution in [3.8, 4) is 0 Å². The second kappa shape index (κ2) is 3.36. The van der Waals surface area contributed by atoms with E-state index in [2.05, 4.69) is 24.0 Å². The van der Waals surface area contributed by atoms with Gasteiger partial charge in [0.05, 0.1) is 0 Å². The van der Waals surface area contributed by atoms with Gasteiger partial charge in [0.2, 0.25) is 0 Å². The van der Waals surface area contributed by atoms with Crippen LogP contribution in [-0.2, 0) is 0 Å². The zero-order chi connectivity index (χ0) is 7.68. The molecule has 0 bridgehead atoms. The van der Waals surface area contributed by atoms with Crippen molar-refractivity contribution >= 4 is 11.8 Å². The Morgan fingerprint density at radius 2 is 2.09 bits per heavy atom. The van der Waals surface area contributed by atoms with E-state index in [1.54, 1.807) is 0 Å². The highest BCUT2D eigenvalue weighted by Crippen LogP contribution is 2.28. The molecule has 1 N–H and O–H groups in total. The minimum atomic E-state index is 0.845. The zero-order valence-electron chi connectivity index (χ0n) is 7.18. The average Bonchev–Trinajstić information content (AvgIpc) is 2.36. The first-order valence-electron chi connectivity index (χ1n) is 4.68. The Kier molecular flexibility index (Phi) is 2.42. The maximum absolute atomic E-state index is 3.72. The number of hydrogen-bond acceptors (Lipinski definition) is 2. The fourth-order valence-electron chi connectivity index (χ4n) is 2.04. The van der Waals surface area contributed by atoms with Crippen molar-refractivity contribution in [2.24, 2.45) is 5.92 Å². The molecule has 0 aromatic rings. The van der Waals surface area contributed by atoms with Crippen LogP contribution in [0.4, 0.5) is 0 Å². The predicted molar refractivity (Wildman–Crippen MR) is 51.1 cm³/mol. The minimum absolute atomic E-state index is 0.845. The molecule has 2 fully saturated rings. The minimum Gasteiger partial charge on any atom is -0.310 e. The van der Waals surface area contributed by atoms with Crippen molar-refractivity contribution in [1.82, 2.24) is 5.32 Å². The molecule has 0 aromatic carbocycles. The van der Waals surface area contributed by atoms with E-state index in [0.29, 0.717) is 0 Å². The van der Waals surface area contributed by atoms with Gasteiger partial charge in [-0.2, -0.15) is 11.8 Å². The van der Waals surface area contributed by atoms with Gasteiger partial charge in [0.25, 0.3) is 0 Å². The monoisotopic (exact) mass is 171 g/mol. The maximum atomic E-state index is 3.72. The van der Waals surface area contributed by atoms with Crippen LogP contribution >= 0.6 is 11.8 Å². The van der Waals surface area contributed by atoms with E-state index in [9.17, 15) is 0 Å². The molecule has 1 atom stereocenters. The van der Waals surface area contributed by atoms with E-state index in [4.69, 9.17) is 0 Å². The van der Waals surface area contributed by atoms with Crippen LogP contribution in [0.3, 0.4) is 0 Å². The summed E-state index contributed by atoms with van der Waals surface area (Å²) < 4.78 is 0. The first-order valence-corrected chi connectivity index (χ1v) is 5.84. The van der Waals surface area contributed by atoms with Crippen LogP contribution in [0.25, 0.3) is 0 Å². The van der Waals surface area contributed by atoms with Crippen molar-refractivity contribution < 1.29 is 0 Å². The van der Waals surface area contributed by atoms with E-state index in [1.165, 1.54) is 30.8 Å². The summed E-state index contributed by atoms with van der Waals surface area (Å²) >= 11 is 2.10. The Hall–Kier alpha value is 0.310. The van der Waals surface area contributed by atoms with Crippen LogP contribution in [0.1, 0.15) is 26.2 Å². The molecular formula is C9H17NS. The fraction of sp³-hybridized carbons (Fsp3) is 1.00. The van der Waals surface area contributed by atoms with Crippen LogP contribution in [-0.4, -0.2) is 23.6 Å². The smallest absolute Gasteiger partial charge is 0.0168 e. The van der Waals surface area contributed by atoms with Gasteiger partial charge in [-0.05, 0) is 30.9 Å². The molecular weight excluding hydrogens is 154 g/mol. The van der Waals surface area contributed by atoms with Crippen LogP contribution in [0.5, 0.6) is 0 Å². The van der Waals surface area contributed by atoms with Crippen molar-refractivity contribution in [2.75, 3.05) is 11.5 Å². The van der Waals surface area contributed by atoms with Crippen LogP contribution in [0.2, 0.25) is 0 Å². The van der Waals surface area contributed by atoms with Gasteiger partial charge in [-0.1, -0.05) is 6.92 Å². The fourth-order valence-corrected chi connectivity index (χ4v) is 3.20. The zero-order valence-corrected chi connectivity index (χ0v) is 7.99. The summed E-state index contributed by atoms with van der Waals surface area (Å²) in [6, 6.07) is 1.71.